The monoisotopic (exact) mass is 211 g/mol. The summed E-state index contributed by atoms with van der Waals surface area (Å²) in [7, 11) is 0. The lowest BCUT2D eigenvalue weighted by atomic mass is 10.0. The number of ether oxygens (including phenoxy) is 1. The molecule has 0 aliphatic rings. The van der Waals surface area contributed by atoms with Gasteiger partial charge in [0.15, 0.2) is 5.60 Å². The van der Waals surface area contributed by atoms with Crippen LogP contribution in [0.15, 0.2) is 12.2 Å². The molecule has 0 fully saturated rings. The Morgan fingerprint density at radius 3 is 2.53 bits per heavy atom. The highest BCUT2D eigenvalue weighted by Gasteiger charge is 2.33. The summed E-state index contributed by atoms with van der Waals surface area (Å²) in [6, 6.07) is 1.45. The molecule has 0 saturated carbocycles. The van der Waals surface area contributed by atoms with Gasteiger partial charge in [-0.05, 0) is 13.3 Å². The molecule has 0 heterocycles. The van der Waals surface area contributed by atoms with Crippen LogP contribution in [0.2, 0.25) is 0 Å². The van der Waals surface area contributed by atoms with Crippen molar-refractivity contribution >= 4 is 11.9 Å². The van der Waals surface area contributed by atoms with Crippen LogP contribution in [-0.2, 0) is 14.3 Å². The first-order valence-electron chi connectivity index (χ1n) is 4.43. The number of hydrogen-bond donors (Lipinski definition) is 1. The molecule has 0 aliphatic carbocycles. The van der Waals surface area contributed by atoms with Gasteiger partial charge in [-0.3, -0.25) is 0 Å². The van der Waals surface area contributed by atoms with E-state index in [9.17, 15) is 14.7 Å². The fraction of sp³-hybridized carbons (Fsp3) is 0.500. The van der Waals surface area contributed by atoms with Gasteiger partial charge in [-0.1, -0.05) is 19.9 Å². The van der Waals surface area contributed by atoms with Crippen molar-refractivity contribution in [2.75, 3.05) is 0 Å². The predicted molar refractivity (Wildman–Crippen MR) is 51.4 cm³/mol. The molecule has 1 atom stereocenters. The topological polar surface area (TPSA) is 87.4 Å². The van der Waals surface area contributed by atoms with Crippen molar-refractivity contribution in [3.8, 4) is 6.07 Å². The van der Waals surface area contributed by atoms with E-state index < -0.39 is 23.1 Å². The molecule has 0 aromatic carbocycles. The molecule has 5 heteroatoms. The van der Waals surface area contributed by atoms with E-state index in [4.69, 9.17) is 5.26 Å². The molecule has 5 nitrogen and oxygen atoms in total. The summed E-state index contributed by atoms with van der Waals surface area (Å²) in [6.07, 6.45) is 0.744. The third kappa shape index (κ3) is 3.92. The highest BCUT2D eigenvalue weighted by Crippen LogP contribution is 2.14. The second-order valence-corrected chi connectivity index (χ2v) is 3.29. The van der Waals surface area contributed by atoms with Crippen molar-refractivity contribution in [1.82, 2.24) is 0 Å². The van der Waals surface area contributed by atoms with Crippen molar-refractivity contribution in [3.63, 3.8) is 0 Å². The maximum absolute atomic E-state index is 11.2. The van der Waals surface area contributed by atoms with Crippen molar-refractivity contribution in [2.45, 2.75) is 32.3 Å². The molecule has 0 aliphatic heterocycles. The fourth-order valence-corrected chi connectivity index (χ4v) is 0.890. The summed E-state index contributed by atoms with van der Waals surface area (Å²) < 4.78 is 4.27. The number of carbonyl (C=O) groups is 2. The van der Waals surface area contributed by atoms with E-state index in [1.807, 2.05) is 0 Å². The fourth-order valence-electron chi connectivity index (χ4n) is 0.890. The summed E-state index contributed by atoms with van der Waals surface area (Å²) in [5, 5.41) is 17.8. The van der Waals surface area contributed by atoms with Gasteiger partial charge >= 0.3 is 11.9 Å². The van der Waals surface area contributed by atoms with Gasteiger partial charge in [0.25, 0.3) is 0 Å². The van der Waals surface area contributed by atoms with Gasteiger partial charge in [0.1, 0.15) is 11.6 Å². The highest BCUT2D eigenvalue weighted by molar-refractivity contribution is 6.00. The molecular formula is C10H13NO4. The van der Waals surface area contributed by atoms with E-state index in [1.54, 1.807) is 6.92 Å². The van der Waals surface area contributed by atoms with Crippen LogP contribution in [0.25, 0.3) is 0 Å². The van der Waals surface area contributed by atoms with Gasteiger partial charge in [0.05, 0.1) is 0 Å². The van der Waals surface area contributed by atoms with Crippen LogP contribution >= 0.6 is 0 Å². The molecule has 0 rings (SSSR count). The molecule has 1 N–H and O–H groups in total. The minimum Gasteiger partial charge on any atom is -0.387 e. The lowest BCUT2D eigenvalue weighted by Crippen LogP contribution is -2.38. The molecule has 0 aromatic rings. The van der Waals surface area contributed by atoms with E-state index in [0.29, 0.717) is 6.42 Å². The maximum atomic E-state index is 11.2. The summed E-state index contributed by atoms with van der Waals surface area (Å²) in [5.41, 5.74) is -2.18. The van der Waals surface area contributed by atoms with Crippen LogP contribution in [0.5, 0.6) is 0 Å². The molecule has 1 unspecified atom stereocenters. The molecule has 82 valence electrons. The van der Waals surface area contributed by atoms with Crippen molar-refractivity contribution in [3.05, 3.63) is 12.2 Å². The van der Waals surface area contributed by atoms with Crippen LogP contribution in [0.4, 0.5) is 0 Å². The maximum Gasteiger partial charge on any atom is 0.355 e. The average Bonchev–Trinajstić information content (AvgIpc) is 2.16. The lowest BCUT2D eigenvalue weighted by Gasteiger charge is -2.19. The van der Waals surface area contributed by atoms with Gasteiger partial charge in [0, 0.05) is 0 Å². The molecule has 0 saturated heterocycles. The minimum absolute atomic E-state index is 0.179. The van der Waals surface area contributed by atoms with E-state index in [2.05, 4.69) is 11.3 Å². The Hall–Kier alpha value is -1.67. The van der Waals surface area contributed by atoms with Gasteiger partial charge in [0.2, 0.25) is 0 Å². The summed E-state index contributed by atoms with van der Waals surface area (Å²) in [6.45, 7) is 6.11. The van der Waals surface area contributed by atoms with E-state index in [-0.39, 0.29) is 6.42 Å². The van der Waals surface area contributed by atoms with Crippen LogP contribution in [0, 0.1) is 11.3 Å². The van der Waals surface area contributed by atoms with E-state index in [1.165, 1.54) is 13.0 Å². The van der Waals surface area contributed by atoms with Crippen molar-refractivity contribution < 1.29 is 19.4 Å². The smallest absolute Gasteiger partial charge is 0.355 e. The highest BCUT2D eigenvalue weighted by atomic mass is 16.6. The second kappa shape index (κ2) is 5.27. The second-order valence-electron chi connectivity index (χ2n) is 3.29. The zero-order chi connectivity index (χ0) is 12.1. The first-order chi connectivity index (χ1) is 6.85. The van der Waals surface area contributed by atoms with E-state index >= 15 is 0 Å². The normalized spacial score (nSPS) is 13.5. The third-order valence-electron chi connectivity index (χ3n) is 1.74. The van der Waals surface area contributed by atoms with Crippen LogP contribution in [0.1, 0.15) is 26.7 Å². The van der Waals surface area contributed by atoms with Crippen molar-refractivity contribution in [1.29, 1.82) is 5.26 Å². The Kier molecular flexibility index (Phi) is 4.68. The number of esters is 2. The van der Waals surface area contributed by atoms with Gasteiger partial charge in [-0.15, -0.1) is 0 Å². The Morgan fingerprint density at radius 1 is 1.60 bits per heavy atom. The SMILES string of the molecule is C=C(C#N)C(=O)OC(=O)C(C)(O)CCC. The molecule has 0 spiro atoms. The molecule has 0 amide bonds. The number of rotatable bonds is 4. The first-order valence-corrected chi connectivity index (χ1v) is 4.43. The minimum atomic E-state index is -1.71. The molecule has 0 bridgehead atoms. The zero-order valence-corrected chi connectivity index (χ0v) is 8.74. The molecule has 0 aromatic heterocycles. The molecule has 15 heavy (non-hydrogen) atoms. The van der Waals surface area contributed by atoms with Crippen LogP contribution < -0.4 is 0 Å². The standard InChI is InChI=1S/C10H13NO4/c1-4-5-10(3,14)9(13)15-8(12)7(2)6-11/h14H,2,4-5H2,1,3H3. The Bertz CT molecular complexity index is 325. The Morgan fingerprint density at radius 2 is 2.13 bits per heavy atom. The van der Waals surface area contributed by atoms with Crippen LogP contribution in [0.3, 0.4) is 0 Å². The predicted octanol–water partition coefficient (Wildman–Crippen LogP) is 0.687. The van der Waals surface area contributed by atoms with Crippen LogP contribution in [-0.4, -0.2) is 22.6 Å². The quantitative estimate of drug-likeness (QED) is 0.320. The summed E-state index contributed by atoms with van der Waals surface area (Å²) in [5.74, 6) is -2.19. The number of carbonyl (C=O) groups excluding carboxylic acids is 2. The first kappa shape index (κ1) is 13.3. The Labute approximate surface area is 88.0 Å². The van der Waals surface area contributed by atoms with E-state index in [0.717, 1.165) is 0 Å². The number of hydrogen-bond acceptors (Lipinski definition) is 5. The van der Waals surface area contributed by atoms with Gasteiger partial charge in [-0.25, -0.2) is 9.59 Å². The third-order valence-corrected chi connectivity index (χ3v) is 1.74. The number of aliphatic hydroxyl groups is 1. The summed E-state index contributed by atoms with van der Waals surface area (Å²) >= 11 is 0. The van der Waals surface area contributed by atoms with Gasteiger partial charge < -0.3 is 9.84 Å². The largest absolute Gasteiger partial charge is 0.387 e. The molecule has 0 radical (unpaired) electrons. The number of nitriles is 1. The summed E-state index contributed by atoms with van der Waals surface area (Å²) in [4.78, 5) is 22.2. The molecular weight excluding hydrogens is 198 g/mol. The number of nitrogens with zero attached hydrogens (tertiary/aromatic N) is 1. The Balaban J connectivity index is 4.45. The average molecular weight is 211 g/mol. The zero-order valence-electron chi connectivity index (χ0n) is 8.74. The lowest BCUT2D eigenvalue weighted by molar-refractivity contribution is -0.171. The van der Waals surface area contributed by atoms with Crippen molar-refractivity contribution in [2.24, 2.45) is 0 Å². The van der Waals surface area contributed by atoms with Gasteiger partial charge in [-0.2, -0.15) is 5.26 Å².